The van der Waals surface area contributed by atoms with Crippen molar-refractivity contribution in [3.05, 3.63) is 0 Å². The molecule has 0 aromatic carbocycles. The van der Waals surface area contributed by atoms with Gasteiger partial charge in [0, 0.05) is 39.1 Å². The highest BCUT2D eigenvalue weighted by Crippen LogP contribution is 2.13. The van der Waals surface area contributed by atoms with Crippen LogP contribution >= 0.6 is 0 Å². The molecule has 3 unspecified atom stereocenters. The summed E-state index contributed by atoms with van der Waals surface area (Å²) in [5.41, 5.74) is 0. The van der Waals surface area contributed by atoms with Gasteiger partial charge >= 0.3 is 17.9 Å². The Morgan fingerprint density at radius 1 is 0.370 bits per heavy atom. The number of ether oxygens (including phenoxy) is 3. The Bertz CT molecular complexity index is 782. The molecule has 0 fully saturated rings. The summed E-state index contributed by atoms with van der Waals surface area (Å²) < 4.78 is 14.6. The van der Waals surface area contributed by atoms with E-state index in [0.29, 0.717) is 38.5 Å². The fraction of sp³-hybridized carbons (Fsp3) is 0.929. The molecule has 0 radical (unpaired) electrons. The predicted molar refractivity (Wildman–Crippen MR) is 214 cm³/mol. The molecule has 12 heteroatoms. The number of hydrogen-bond acceptors (Lipinski definition) is 12. The van der Waals surface area contributed by atoms with E-state index in [-0.39, 0.29) is 76.8 Å². The monoisotopic (exact) mass is 781 g/mol. The second-order valence-corrected chi connectivity index (χ2v) is 14.1. The van der Waals surface area contributed by atoms with E-state index in [2.05, 4.69) is 20.8 Å². The maximum atomic E-state index is 11.3. The van der Waals surface area contributed by atoms with Crippen LogP contribution in [-0.4, -0.2) is 107 Å². The number of carbonyl (C=O) groups excluding carboxylic acids is 3. The lowest BCUT2D eigenvalue weighted by molar-refractivity contribution is -0.147. The Balaban J connectivity index is -0.000000724. The minimum atomic E-state index is -0.586. The molecule has 0 bridgehead atoms. The number of rotatable bonds is 36. The molecular formula is C42H84O12. The van der Waals surface area contributed by atoms with E-state index in [1.165, 1.54) is 77.0 Å². The summed E-state index contributed by atoms with van der Waals surface area (Å²) in [5.74, 6) is -1.12. The fourth-order valence-electron chi connectivity index (χ4n) is 5.29. The third-order valence-electron chi connectivity index (χ3n) is 8.58. The molecule has 0 aliphatic rings. The number of esters is 3. The van der Waals surface area contributed by atoms with Crippen molar-refractivity contribution in [2.45, 2.75) is 212 Å². The van der Waals surface area contributed by atoms with Crippen LogP contribution in [0.15, 0.2) is 0 Å². The minimum absolute atomic E-state index is 0.0211. The van der Waals surface area contributed by atoms with E-state index in [1.807, 2.05) is 0 Å². The summed E-state index contributed by atoms with van der Waals surface area (Å²) in [7, 11) is 0. The van der Waals surface area contributed by atoms with E-state index >= 15 is 0 Å². The first-order chi connectivity index (χ1) is 26.1. The molecule has 3 atom stereocenters. The third kappa shape index (κ3) is 50.2. The Labute approximate surface area is 328 Å². The summed E-state index contributed by atoms with van der Waals surface area (Å²) in [6.45, 7) is 7.32. The van der Waals surface area contributed by atoms with Crippen molar-refractivity contribution < 1.29 is 59.2 Å². The van der Waals surface area contributed by atoms with Crippen LogP contribution in [-0.2, 0) is 28.6 Å². The van der Waals surface area contributed by atoms with Gasteiger partial charge in [-0.1, -0.05) is 136 Å². The van der Waals surface area contributed by atoms with Crippen molar-refractivity contribution in [1.82, 2.24) is 0 Å². The Kier molecular flexibility index (Phi) is 49.5. The van der Waals surface area contributed by atoms with Gasteiger partial charge in [0.25, 0.3) is 0 Å². The first-order valence-electron chi connectivity index (χ1n) is 21.4. The lowest BCUT2D eigenvalue weighted by atomic mass is 10.1. The maximum Gasteiger partial charge on any atom is 0.308 e. The summed E-state index contributed by atoms with van der Waals surface area (Å²) >= 11 is 0. The average molecular weight is 781 g/mol. The van der Waals surface area contributed by atoms with E-state index in [9.17, 15) is 29.7 Å². The zero-order valence-electron chi connectivity index (χ0n) is 34.7. The van der Waals surface area contributed by atoms with Gasteiger partial charge in [0.1, 0.15) is 0 Å². The standard InChI is InChI=1S/C15H30O4.C14H28O4.C13H26O4/c1-2-3-4-5-6-7-8-10-14(17)13-15(18)19-12-9-11-16;1-2-3-4-5-6-7-9-13(16)12-14(17)18-11-8-10-15;1-2-3-4-5-6-8-12(15)11-13(16)17-10-7-9-14/h14,16-17H,2-13H2,1H3;13,15-16H,2-12H2,1H3;12,14-15H,2-11H2,1H3. The molecule has 0 amide bonds. The zero-order chi connectivity index (χ0) is 40.9. The number of unbranched alkanes of at least 4 members (excludes halogenated alkanes) is 15. The Morgan fingerprint density at radius 3 is 0.815 bits per heavy atom. The molecule has 0 saturated heterocycles. The van der Waals surface area contributed by atoms with Crippen LogP contribution in [0.1, 0.15) is 194 Å². The molecule has 0 heterocycles. The SMILES string of the molecule is CCCCCCCC(O)CC(=O)OCCCO.CCCCCCCCC(O)CC(=O)OCCCO.CCCCCCCCCC(O)CC(=O)OCCCO. The molecule has 0 saturated carbocycles. The second kappa shape index (κ2) is 47.3. The molecule has 0 aliphatic carbocycles. The van der Waals surface area contributed by atoms with Crippen LogP contribution in [0.3, 0.4) is 0 Å². The molecule has 324 valence electrons. The van der Waals surface area contributed by atoms with Gasteiger partial charge in [-0.25, -0.2) is 0 Å². The van der Waals surface area contributed by atoms with Gasteiger partial charge in [-0.2, -0.15) is 0 Å². The quantitative estimate of drug-likeness (QED) is 0.0212. The first-order valence-corrected chi connectivity index (χ1v) is 21.4. The van der Waals surface area contributed by atoms with Gasteiger partial charge in [0.15, 0.2) is 0 Å². The first kappa shape index (κ1) is 56.5. The van der Waals surface area contributed by atoms with Crippen molar-refractivity contribution in [2.75, 3.05) is 39.6 Å². The largest absolute Gasteiger partial charge is 0.466 e. The highest BCUT2D eigenvalue weighted by atomic mass is 16.5. The summed E-state index contributed by atoms with van der Waals surface area (Å²) in [6.07, 6.45) is 23.1. The van der Waals surface area contributed by atoms with Gasteiger partial charge in [0.2, 0.25) is 0 Å². The van der Waals surface area contributed by atoms with Crippen LogP contribution in [0.2, 0.25) is 0 Å². The molecule has 6 N–H and O–H groups in total. The normalized spacial score (nSPS) is 12.4. The molecular weight excluding hydrogens is 696 g/mol. The molecule has 54 heavy (non-hydrogen) atoms. The molecule has 12 nitrogen and oxygen atoms in total. The summed E-state index contributed by atoms with van der Waals surface area (Å²) in [5, 5.41) is 54.5. The molecule has 0 aromatic heterocycles. The van der Waals surface area contributed by atoms with Gasteiger partial charge in [0.05, 0.1) is 57.4 Å². The van der Waals surface area contributed by atoms with Crippen molar-refractivity contribution in [2.24, 2.45) is 0 Å². The highest BCUT2D eigenvalue weighted by molar-refractivity contribution is 5.70. The number of aliphatic hydroxyl groups excluding tert-OH is 6. The number of aliphatic hydroxyl groups is 6. The van der Waals surface area contributed by atoms with Crippen LogP contribution in [0.25, 0.3) is 0 Å². The van der Waals surface area contributed by atoms with Crippen molar-refractivity contribution >= 4 is 17.9 Å². The van der Waals surface area contributed by atoms with Crippen LogP contribution in [0, 0.1) is 0 Å². The number of hydrogen-bond donors (Lipinski definition) is 6. The van der Waals surface area contributed by atoms with E-state index in [4.69, 9.17) is 29.5 Å². The molecule has 0 aromatic rings. The molecule has 0 spiro atoms. The van der Waals surface area contributed by atoms with E-state index < -0.39 is 18.3 Å². The van der Waals surface area contributed by atoms with Gasteiger partial charge in [-0.3, -0.25) is 14.4 Å². The number of carbonyl (C=O) groups is 3. The Hall–Kier alpha value is -1.83. The van der Waals surface area contributed by atoms with Gasteiger partial charge in [-0.15, -0.1) is 0 Å². The van der Waals surface area contributed by atoms with Crippen LogP contribution in [0.4, 0.5) is 0 Å². The lowest BCUT2D eigenvalue weighted by Gasteiger charge is -2.10. The highest BCUT2D eigenvalue weighted by Gasteiger charge is 2.13. The summed E-state index contributed by atoms with van der Waals surface area (Å²) in [6, 6.07) is 0. The van der Waals surface area contributed by atoms with E-state index in [0.717, 1.165) is 38.5 Å². The van der Waals surface area contributed by atoms with E-state index in [1.54, 1.807) is 0 Å². The average Bonchev–Trinajstić information content (AvgIpc) is 3.13. The lowest BCUT2D eigenvalue weighted by Crippen LogP contribution is -2.16. The maximum absolute atomic E-state index is 11.3. The minimum Gasteiger partial charge on any atom is -0.466 e. The van der Waals surface area contributed by atoms with Crippen molar-refractivity contribution in [3.63, 3.8) is 0 Å². The van der Waals surface area contributed by atoms with Crippen molar-refractivity contribution in [3.8, 4) is 0 Å². The second-order valence-electron chi connectivity index (χ2n) is 14.1. The van der Waals surface area contributed by atoms with Crippen molar-refractivity contribution in [1.29, 1.82) is 0 Å². The summed E-state index contributed by atoms with van der Waals surface area (Å²) in [4.78, 5) is 33.7. The smallest absolute Gasteiger partial charge is 0.308 e. The fourth-order valence-corrected chi connectivity index (χ4v) is 5.29. The predicted octanol–water partition coefficient (Wildman–Crippen LogP) is 7.24. The van der Waals surface area contributed by atoms with Gasteiger partial charge in [-0.05, 0) is 19.3 Å². The Morgan fingerprint density at radius 2 is 0.593 bits per heavy atom. The third-order valence-corrected chi connectivity index (χ3v) is 8.58. The van der Waals surface area contributed by atoms with Crippen LogP contribution in [0.5, 0.6) is 0 Å². The zero-order valence-corrected chi connectivity index (χ0v) is 34.7. The van der Waals surface area contributed by atoms with Gasteiger partial charge < -0.3 is 44.8 Å². The van der Waals surface area contributed by atoms with Crippen LogP contribution < -0.4 is 0 Å². The molecule has 0 aliphatic heterocycles. The topological polar surface area (TPSA) is 200 Å². The molecule has 0 rings (SSSR count).